The highest BCUT2D eigenvalue weighted by Gasteiger charge is 2.06. The van der Waals surface area contributed by atoms with E-state index in [4.69, 9.17) is 5.73 Å². The predicted octanol–water partition coefficient (Wildman–Crippen LogP) is 2.14. The van der Waals surface area contributed by atoms with Gasteiger partial charge in [0.2, 0.25) is 0 Å². The summed E-state index contributed by atoms with van der Waals surface area (Å²) in [6, 6.07) is 0. The molecule has 1 atom stereocenters. The topological polar surface area (TPSA) is 38.0 Å². The first kappa shape index (κ1) is 12.9. The van der Waals surface area contributed by atoms with Crippen LogP contribution < -0.4 is 11.1 Å². The lowest BCUT2D eigenvalue weighted by molar-refractivity contribution is 0.398. The molecule has 1 unspecified atom stereocenters. The molecule has 0 aromatic rings. The molecule has 2 nitrogen and oxygen atoms in total. The zero-order valence-corrected chi connectivity index (χ0v) is 9.31. The summed E-state index contributed by atoms with van der Waals surface area (Å²) >= 11 is 0. The smallest absolute Gasteiger partial charge is 0.00518 e. The number of rotatable bonds is 9. The summed E-state index contributed by atoms with van der Waals surface area (Å²) in [5.74, 6) is 0.873. The Morgan fingerprint density at radius 1 is 1.15 bits per heavy atom. The Bertz CT molecular complexity index is 94.1. The van der Waals surface area contributed by atoms with E-state index in [0.717, 1.165) is 19.0 Å². The van der Waals surface area contributed by atoms with E-state index in [-0.39, 0.29) is 0 Å². The Hall–Kier alpha value is -0.0800. The first-order valence-corrected chi connectivity index (χ1v) is 5.69. The minimum absolute atomic E-state index is 0.855. The van der Waals surface area contributed by atoms with Gasteiger partial charge in [0.15, 0.2) is 0 Å². The maximum absolute atomic E-state index is 5.59. The van der Waals surface area contributed by atoms with Crippen molar-refractivity contribution in [1.29, 1.82) is 0 Å². The molecular formula is C11H26N2. The van der Waals surface area contributed by atoms with Crippen LogP contribution in [0, 0.1) is 5.92 Å². The fraction of sp³-hybridized carbons (Fsp3) is 1.00. The fourth-order valence-corrected chi connectivity index (χ4v) is 1.73. The van der Waals surface area contributed by atoms with Gasteiger partial charge in [0.25, 0.3) is 0 Å². The SMILES string of the molecule is CCCCC(CCN)CCCNC. The van der Waals surface area contributed by atoms with E-state index in [1.54, 1.807) is 0 Å². The molecule has 0 spiro atoms. The second-order valence-electron chi connectivity index (χ2n) is 3.83. The zero-order chi connectivity index (χ0) is 9.94. The minimum Gasteiger partial charge on any atom is -0.330 e. The molecule has 0 fully saturated rings. The molecule has 0 radical (unpaired) electrons. The Morgan fingerprint density at radius 3 is 2.38 bits per heavy atom. The molecule has 0 aliphatic heterocycles. The number of hydrogen-bond donors (Lipinski definition) is 2. The predicted molar refractivity (Wildman–Crippen MR) is 59.8 cm³/mol. The third kappa shape index (κ3) is 8.26. The number of nitrogens with two attached hydrogens (primary N) is 1. The zero-order valence-electron chi connectivity index (χ0n) is 9.31. The van der Waals surface area contributed by atoms with E-state index in [1.807, 2.05) is 7.05 Å². The summed E-state index contributed by atoms with van der Waals surface area (Å²) in [5.41, 5.74) is 5.59. The maximum Gasteiger partial charge on any atom is -0.00518 e. The van der Waals surface area contributed by atoms with Crippen molar-refractivity contribution >= 4 is 0 Å². The normalized spacial score (nSPS) is 13.2. The van der Waals surface area contributed by atoms with Crippen molar-refractivity contribution in [2.45, 2.75) is 45.4 Å². The minimum atomic E-state index is 0.855. The highest BCUT2D eigenvalue weighted by molar-refractivity contribution is 4.61. The van der Waals surface area contributed by atoms with Crippen LogP contribution >= 0.6 is 0 Å². The largest absolute Gasteiger partial charge is 0.330 e. The average Bonchev–Trinajstić information content (AvgIpc) is 2.14. The number of nitrogens with one attached hydrogen (secondary N) is 1. The quantitative estimate of drug-likeness (QED) is 0.541. The van der Waals surface area contributed by atoms with E-state index in [2.05, 4.69) is 12.2 Å². The van der Waals surface area contributed by atoms with E-state index in [0.29, 0.717) is 0 Å². The van der Waals surface area contributed by atoms with Crippen molar-refractivity contribution in [3.63, 3.8) is 0 Å². The highest BCUT2D eigenvalue weighted by Crippen LogP contribution is 2.17. The van der Waals surface area contributed by atoms with Gasteiger partial charge in [-0.1, -0.05) is 26.2 Å². The lowest BCUT2D eigenvalue weighted by Gasteiger charge is -2.15. The fourth-order valence-electron chi connectivity index (χ4n) is 1.73. The molecule has 0 amide bonds. The first-order chi connectivity index (χ1) is 6.35. The molecule has 0 rings (SSSR count). The van der Waals surface area contributed by atoms with Crippen molar-refractivity contribution < 1.29 is 0 Å². The van der Waals surface area contributed by atoms with Crippen molar-refractivity contribution in [2.75, 3.05) is 20.1 Å². The van der Waals surface area contributed by atoms with Crippen LogP contribution in [0.25, 0.3) is 0 Å². The van der Waals surface area contributed by atoms with Gasteiger partial charge in [-0.05, 0) is 45.3 Å². The van der Waals surface area contributed by atoms with Crippen LogP contribution in [-0.4, -0.2) is 20.1 Å². The van der Waals surface area contributed by atoms with Gasteiger partial charge in [0.1, 0.15) is 0 Å². The second kappa shape index (κ2) is 10.0. The van der Waals surface area contributed by atoms with Gasteiger partial charge in [0.05, 0.1) is 0 Å². The van der Waals surface area contributed by atoms with Gasteiger partial charge in [-0.15, -0.1) is 0 Å². The second-order valence-corrected chi connectivity index (χ2v) is 3.83. The number of hydrogen-bond acceptors (Lipinski definition) is 2. The van der Waals surface area contributed by atoms with Crippen molar-refractivity contribution in [3.8, 4) is 0 Å². The van der Waals surface area contributed by atoms with E-state index in [9.17, 15) is 0 Å². The van der Waals surface area contributed by atoms with Crippen molar-refractivity contribution in [3.05, 3.63) is 0 Å². The molecule has 3 N–H and O–H groups in total. The first-order valence-electron chi connectivity index (χ1n) is 5.69. The number of unbranched alkanes of at least 4 members (excludes halogenated alkanes) is 1. The molecule has 13 heavy (non-hydrogen) atoms. The van der Waals surface area contributed by atoms with Crippen LogP contribution in [0.15, 0.2) is 0 Å². The Balaban J connectivity index is 3.41. The van der Waals surface area contributed by atoms with Crippen LogP contribution in [0.2, 0.25) is 0 Å². The Morgan fingerprint density at radius 2 is 1.85 bits per heavy atom. The van der Waals surface area contributed by atoms with Crippen LogP contribution in [0.1, 0.15) is 45.4 Å². The van der Waals surface area contributed by atoms with Crippen LogP contribution in [0.4, 0.5) is 0 Å². The van der Waals surface area contributed by atoms with Gasteiger partial charge in [-0.2, -0.15) is 0 Å². The van der Waals surface area contributed by atoms with Crippen LogP contribution in [-0.2, 0) is 0 Å². The van der Waals surface area contributed by atoms with E-state index >= 15 is 0 Å². The standard InChI is InChI=1S/C11H26N2/c1-3-4-6-11(8-9-12)7-5-10-13-2/h11,13H,3-10,12H2,1-2H3. The lowest BCUT2D eigenvalue weighted by Crippen LogP contribution is -2.13. The summed E-state index contributed by atoms with van der Waals surface area (Å²) in [5, 5.41) is 3.19. The molecule has 80 valence electrons. The molecular weight excluding hydrogens is 160 g/mol. The molecule has 0 aliphatic carbocycles. The van der Waals surface area contributed by atoms with Gasteiger partial charge in [-0.3, -0.25) is 0 Å². The van der Waals surface area contributed by atoms with Crippen LogP contribution in [0.3, 0.4) is 0 Å². The molecule has 0 aromatic heterocycles. The van der Waals surface area contributed by atoms with Gasteiger partial charge in [-0.25, -0.2) is 0 Å². The van der Waals surface area contributed by atoms with E-state index < -0.39 is 0 Å². The molecule has 0 aliphatic rings. The molecule has 2 heteroatoms. The van der Waals surface area contributed by atoms with Gasteiger partial charge in [0, 0.05) is 0 Å². The third-order valence-corrected chi connectivity index (χ3v) is 2.58. The van der Waals surface area contributed by atoms with E-state index in [1.165, 1.54) is 38.5 Å². The molecule has 0 saturated carbocycles. The summed E-state index contributed by atoms with van der Waals surface area (Å²) < 4.78 is 0. The summed E-state index contributed by atoms with van der Waals surface area (Å²) in [6.45, 7) is 4.26. The van der Waals surface area contributed by atoms with Crippen molar-refractivity contribution in [2.24, 2.45) is 11.7 Å². The van der Waals surface area contributed by atoms with Gasteiger partial charge >= 0.3 is 0 Å². The van der Waals surface area contributed by atoms with Gasteiger partial charge < -0.3 is 11.1 Å². The van der Waals surface area contributed by atoms with Crippen molar-refractivity contribution in [1.82, 2.24) is 5.32 Å². The Kier molecular flexibility index (Phi) is 9.94. The average molecular weight is 186 g/mol. The highest BCUT2D eigenvalue weighted by atomic mass is 14.8. The monoisotopic (exact) mass is 186 g/mol. The Labute approximate surface area is 83.3 Å². The summed E-state index contributed by atoms with van der Waals surface area (Å²) in [4.78, 5) is 0. The third-order valence-electron chi connectivity index (χ3n) is 2.58. The lowest BCUT2D eigenvalue weighted by atomic mass is 9.93. The molecule has 0 bridgehead atoms. The molecule has 0 saturated heterocycles. The summed E-state index contributed by atoms with van der Waals surface area (Å²) in [6.07, 6.45) is 7.90. The molecule has 0 heterocycles. The molecule has 0 aromatic carbocycles. The maximum atomic E-state index is 5.59. The van der Waals surface area contributed by atoms with Crippen LogP contribution in [0.5, 0.6) is 0 Å². The summed E-state index contributed by atoms with van der Waals surface area (Å²) in [7, 11) is 2.02.